The summed E-state index contributed by atoms with van der Waals surface area (Å²) in [5.74, 6) is -2.21. The Morgan fingerprint density at radius 3 is 1.90 bits per heavy atom. The molecule has 3 amide bonds. The van der Waals surface area contributed by atoms with Crippen LogP contribution in [0.25, 0.3) is 0 Å². The van der Waals surface area contributed by atoms with Crippen LogP contribution in [0.3, 0.4) is 0 Å². The number of aliphatic carboxylic acids is 1. The van der Waals surface area contributed by atoms with Crippen LogP contribution in [0, 0.1) is 0 Å². The zero-order valence-corrected chi connectivity index (χ0v) is 15.7. The maximum atomic E-state index is 12.7. The van der Waals surface area contributed by atoms with E-state index in [1.165, 1.54) is 4.90 Å². The number of fused-ring (bicyclic) bond motifs is 1. The number of hydrogen-bond acceptors (Lipinski definition) is 4. The van der Waals surface area contributed by atoms with Crippen LogP contribution in [0.5, 0.6) is 0 Å². The zero-order chi connectivity index (χ0) is 20.6. The molecule has 1 N–H and O–H groups in total. The number of carboxylic acids is 1. The van der Waals surface area contributed by atoms with Crippen molar-refractivity contribution in [3.8, 4) is 0 Å². The number of rotatable bonds is 4. The monoisotopic (exact) mass is 392 g/mol. The van der Waals surface area contributed by atoms with Crippen molar-refractivity contribution in [1.82, 2.24) is 9.80 Å². The number of imide groups is 1. The van der Waals surface area contributed by atoms with Gasteiger partial charge in [0.1, 0.15) is 6.54 Å². The maximum Gasteiger partial charge on any atom is 0.314 e. The Hall–Kier alpha value is -3.48. The number of amides is 3. The molecule has 7 nitrogen and oxygen atoms in total. The lowest BCUT2D eigenvalue weighted by atomic mass is 9.73. The summed E-state index contributed by atoms with van der Waals surface area (Å²) in [4.78, 5) is 52.2. The van der Waals surface area contributed by atoms with Crippen LogP contribution in [-0.2, 0) is 15.0 Å². The highest BCUT2D eigenvalue weighted by molar-refractivity contribution is 6.22. The van der Waals surface area contributed by atoms with Gasteiger partial charge in [0, 0.05) is 13.1 Å². The number of likely N-dealkylation sites (tertiary alicyclic amines) is 1. The SMILES string of the molecule is O=C(CN1C(=O)c2ccccc2C1=O)N1CCC(C(=O)O)(c2ccccc2)CC1. The molecule has 2 heterocycles. The average molecular weight is 392 g/mol. The van der Waals surface area contributed by atoms with Crippen LogP contribution in [0.15, 0.2) is 54.6 Å². The highest BCUT2D eigenvalue weighted by Crippen LogP contribution is 2.36. The van der Waals surface area contributed by atoms with Gasteiger partial charge in [-0.25, -0.2) is 0 Å². The molecule has 2 aliphatic heterocycles. The molecule has 0 bridgehead atoms. The largest absolute Gasteiger partial charge is 0.481 e. The van der Waals surface area contributed by atoms with Crippen LogP contribution in [0.2, 0.25) is 0 Å². The van der Waals surface area contributed by atoms with Crippen LogP contribution in [-0.4, -0.2) is 58.2 Å². The molecule has 148 valence electrons. The lowest BCUT2D eigenvalue weighted by Crippen LogP contribution is -2.51. The fraction of sp³-hybridized carbons (Fsp3) is 0.273. The van der Waals surface area contributed by atoms with Crippen molar-refractivity contribution >= 4 is 23.7 Å². The number of carboxylic acid groups (broad SMARTS) is 1. The highest BCUT2D eigenvalue weighted by Gasteiger charge is 2.44. The smallest absolute Gasteiger partial charge is 0.314 e. The molecule has 1 fully saturated rings. The van der Waals surface area contributed by atoms with E-state index in [9.17, 15) is 24.3 Å². The molecule has 4 rings (SSSR count). The van der Waals surface area contributed by atoms with Gasteiger partial charge in [0.05, 0.1) is 16.5 Å². The second-order valence-electron chi connectivity index (χ2n) is 7.38. The van der Waals surface area contributed by atoms with Gasteiger partial charge in [-0.15, -0.1) is 0 Å². The molecule has 2 aromatic carbocycles. The summed E-state index contributed by atoms with van der Waals surface area (Å²) < 4.78 is 0. The van der Waals surface area contributed by atoms with E-state index >= 15 is 0 Å². The summed E-state index contributed by atoms with van der Waals surface area (Å²) in [6.07, 6.45) is 0.556. The van der Waals surface area contributed by atoms with E-state index < -0.39 is 23.2 Å². The Balaban J connectivity index is 1.45. The first-order chi connectivity index (χ1) is 13.9. The molecule has 0 atom stereocenters. The Labute approximate surface area is 167 Å². The van der Waals surface area contributed by atoms with Crippen LogP contribution >= 0.6 is 0 Å². The molecule has 2 aromatic rings. The fourth-order valence-electron chi connectivity index (χ4n) is 4.14. The molecular formula is C22H20N2O5. The molecule has 0 aliphatic carbocycles. The van der Waals surface area contributed by atoms with Gasteiger partial charge in [-0.1, -0.05) is 42.5 Å². The predicted octanol–water partition coefficient (Wildman–Crippen LogP) is 1.93. The van der Waals surface area contributed by atoms with Gasteiger partial charge < -0.3 is 10.0 Å². The number of benzene rings is 2. The molecule has 0 radical (unpaired) electrons. The molecule has 0 saturated carbocycles. The molecule has 7 heteroatoms. The standard InChI is InChI=1S/C22H20N2O5/c25-18(14-24-19(26)16-8-4-5-9-17(16)20(24)27)23-12-10-22(11-13-23,21(28)29)15-6-2-1-3-7-15/h1-9H,10-14H2,(H,28,29). The number of carbonyl (C=O) groups is 4. The Bertz CT molecular complexity index is 958. The van der Waals surface area contributed by atoms with Gasteiger partial charge in [0.25, 0.3) is 11.8 Å². The van der Waals surface area contributed by atoms with Crippen molar-refractivity contribution in [2.24, 2.45) is 0 Å². The molecule has 1 saturated heterocycles. The van der Waals surface area contributed by atoms with Crippen molar-refractivity contribution in [1.29, 1.82) is 0 Å². The van der Waals surface area contributed by atoms with E-state index in [1.807, 2.05) is 6.07 Å². The third-order valence-corrected chi connectivity index (χ3v) is 5.88. The Kier molecular flexibility index (Phi) is 4.66. The van der Waals surface area contributed by atoms with E-state index in [0.29, 0.717) is 11.1 Å². The van der Waals surface area contributed by atoms with Gasteiger partial charge in [-0.3, -0.25) is 24.1 Å². The number of nitrogens with zero attached hydrogens (tertiary/aromatic N) is 2. The first kappa shape index (κ1) is 18.9. The first-order valence-corrected chi connectivity index (χ1v) is 9.46. The van der Waals surface area contributed by atoms with Crippen molar-refractivity contribution < 1.29 is 24.3 Å². The Morgan fingerprint density at radius 1 is 0.862 bits per heavy atom. The summed E-state index contributed by atoms with van der Waals surface area (Å²) in [5, 5.41) is 9.87. The van der Waals surface area contributed by atoms with Crippen LogP contribution in [0.4, 0.5) is 0 Å². The van der Waals surface area contributed by atoms with Crippen molar-refractivity contribution in [2.45, 2.75) is 18.3 Å². The maximum absolute atomic E-state index is 12.7. The summed E-state index contributed by atoms with van der Waals surface area (Å²) in [5.41, 5.74) is 0.295. The predicted molar refractivity (Wildman–Crippen MR) is 103 cm³/mol. The normalized spacial score (nSPS) is 17.9. The quantitative estimate of drug-likeness (QED) is 0.803. The third kappa shape index (κ3) is 3.08. The first-order valence-electron chi connectivity index (χ1n) is 9.46. The van der Waals surface area contributed by atoms with Crippen LogP contribution in [0.1, 0.15) is 39.1 Å². The van der Waals surface area contributed by atoms with E-state index in [1.54, 1.807) is 48.5 Å². The zero-order valence-electron chi connectivity index (χ0n) is 15.7. The number of hydrogen-bond donors (Lipinski definition) is 1. The molecule has 2 aliphatic rings. The molecular weight excluding hydrogens is 372 g/mol. The van der Waals surface area contributed by atoms with E-state index in [2.05, 4.69) is 0 Å². The fourth-order valence-corrected chi connectivity index (χ4v) is 4.14. The lowest BCUT2D eigenvalue weighted by Gasteiger charge is -2.39. The second kappa shape index (κ2) is 7.16. The Morgan fingerprint density at radius 2 is 1.38 bits per heavy atom. The summed E-state index contributed by atoms with van der Waals surface area (Å²) in [7, 11) is 0. The van der Waals surface area contributed by atoms with Gasteiger partial charge in [-0.2, -0.15) is 0 Å². The molecule has 0 unspecified atom stereocenters. The van der Waals surface area contributed by atoms with E-state index in [-0.39, 0.29) is 38.4 Å². The minimum atomic E-state index is -1.03. The van der Waals surface area contributed by atoms with Gasteiger partial charge in [0.2, 0.25) is 5.91 Å². The summed E-state index contributed by atoms with van der Waals surface area (Å²) in [6.45, 7) is 0.171. The van der Waals surface area contributed by atoms with Gasteiger partial charge in [-0.05, 0) is 30.5 Å². The lowest BCUT2D eigenvalue weighted by molar-refractivity contribution is -0.148. The molecule has 29 heavy (non-hydrogen) atoms. The minimum Gasteiger partial charge on any atom is -0.481 e. The summed E-state index contributed by atoms with van der Waals surface area (Å²) in [6, 6.07) is 15.5. The minimum absolute atomic E-state index is 0.253. The highest BCUT2D eigenvalue weighted by atomic mass is 16.4. The second-order valence-corrected chi connectivity index (χ2v) is 7.38. The van der Waals surface area contributed by atoms with Crippen molar-refractivity contribution in [3.05, 3.63) is 71.3 Å². The number of carbonyl (C=O) groups excluding carboxylic acids is 3. The summed E-state index contributed by atoms with van der Waals surface area (Å²) >= 11 is 0. The topological polar surface area (TPSA) is 95.0 Å². The van der Waals surface area contributed by atoms with Crippen LogP contribution < -0.4 is 0 Å². The average Bonchev–Trinajstić information content (AvgIpc) is 2.99. The van der Waals surface area contributed by atoms with Gasteiger partial charge in [0.15, 0.2) is 0 Å². The number of piperidine rings is 1. The van der Waals surface area contributed by atoms with E-state index in [0.717, 1.165) is 10.5 Å². The third-order valence-electron chi connectivity index (χ3n) is 5.88. The molecule has 0 aromatic heterocycles. The van der Waals surface area contributed by atoms with Gasteiger partial charge >= 0.3 is 5.97 Å². The van der Waals surface area contributed by atoms with Crippen molar-refractivity contribution in [2.75, 3.05) is 19.6 Å². The van der Waals surface area contributed by atoms with Crippen molar-refractivity contribution in [3.63, 3.8) is 0 Å². The molecule has 0 spiro atoms. The van der Waals surface area contributed by atoms with E-state index in [4.69, 9.17) is 0 Å².